The van der Waals surface area contributed by atoms with E-state index in [1.807, 2.05) is 43.3 Å². The summed E-state index contributed by atoms with van der Waals surface area (Å²) >= 11 is 0. The fourth-order valence-corrected chi connectivity index (χ4v) is 5.33. The second-order valence-electron chi connectivity index (χ2n) is 8.05. The Morgan fingerprint density at radius 1 is 0.828 bits per heavy atom. The van der Waals surface area contributed by atoms with E-state index in [1.165, 1.54) is 11.1 Å². The zero-order valence-electron chi connectivity index (χ0n) is 16.7. The molecular weight excluding hydrogens is 382 g/mol. The number of benzene rings is 3. The minimum absolute atomic E-state index is 0.138. The van der Waals surface area contributed by atoms with Crippen molar-refractivity contribution in [3.8, 4) is 0 Å². The average molecular weight is 409 g/mol. The molecule has 1 aliphatic heterocycles. The van der Waals surface area contributed by atoms with Crippen LogP contribution in [0.5, 0.6) is 0 Å². The normalized spacial score (nSPS) is 21.7. The van der Waals surface area contributed by atoms with Crippen molar-refractivity contribution in [2.75, 3.05) is 20.1 Å². The Kier molecular flexibility index (Phi) is 5.30. The second kappa shape index (κ2) is 7.75. The van der Waals surface area contributed by atoms with Crippen LogP contribution in [-0.4, -0.2) is 39.1 Å². The lowest BCUT2D eigenvalue weighted by atomic mass is 9.91. The summed E-state index contributed by atoms with van der Waals surface area (Å²) in [7, 11) is -1.58. The first-order valence-corrected chi connectivity index (χ1v) is 11.2. The highest BCUT2D eigenvalue weighted by atomic mass is 32.2. The molecule has 0 aliphatic carbocycles. The van der Waals surface area contributed by atoms with Crippen molar-refractivity contribution >= 4 is 10.1 Å². The molecule has 1 heterocycles. The van der Waals surface area contributed by atoms with Gasteiger partial charge >= 0.3 is 0 Å². The summed E-state index contributed by atoms with van der Waals surface area (Å²) in [5.74, 6) is 0. The Balaban J connectivity index is 1.54. The molecule has 150 valence electrons. The van der Waals surface area contributed by atoms with E-state index in [9.17, 15) is 8.42 Å². The third-order valence-electron chi connectivity index (χ3n) is 5.67. The number of likely N-dealkylation sites (tertiary alicyclic amines) is 1. The van der Waals surface area contributed by atoms with E-state index in [4.69, 9.17) is 4.18 Å². The largest absolute Gasteiger partial charge is 0.311 e. The Morgan fingerprint density at radius 3 is 1.79 bits per heavy atom. The van der Waals surface area contributed by atoms with Gasteiger partial charge in [-0.1, -0.05) is 78.4 Å². The zero-order chi connectivity index (χ0) is 20.5. The highest BCUT2D eigenvalue weighted by molar-refractivity contribution is 7.86. The number of nitrogens with zero attached hydrogens (tertiary/aromatic N) is 1. The molecule has 5 heteroatoms. The summed E-state index contributed by atoms with van der Waals surface area (Å²) in [4.78, 5) is 0.215. The highest BCUT2D eigenvalue weighted by Gasteiger charge is 2.49. The molecule has 1 fully saturated rings. The molecule has 1 saturated heterocycles. The molecule has 0 radical (unpaired) electrons. The van der Waals surface area contributed by atoms with Gasteiger partial charge in [-0.25, -0.2) is 0 Å². The lowest BCUT2D eigenvalue weighted by Crippen LogP contribution is -2.66. The van der Waals surface area contributed by atoms with E-state index < -0.39 is 10.1 Å². The van der Waals surface area contributed by atoms with Crippen LogP contribution in [0.3, 0.4) is 0 Å². The monoisotopic (exact) mass is 408 g/mol. The van der Waals surface area contributed by atoms with Gasteiger partial charge in [0.15, 0.2) is 6.10 Å². The van der Waals surface area contributed by atoms with E-state index >= 15 is 0 Å². The lowest BCUT2D eigenvalue weighted by Gasteiger charge is -2.51. The first-order chi connectivity index (χ1) is 13.9. The second-order valence-corrected chi connectivity index (χ2v) is 9.63. The Bertz CT molecular complexity index is 1020. The minimum Gasteiger partial charge on any atom is -0.311 e. The van der Waals surface area contributed by atoms with Crippen LogP contribution in [0.4, 0.5) is 0 Å². The van der Waals surface area contributed by atoms with E-state index in [-0.39, 0.29) is 17.0 Å². The van der Waals surface area contributed by atoms with Crippen molar-refractivity contribution < 1.29 is 17.1 Å². The summed E-state index contributed by atoms with van der Waals surface area (Å²) in [6, 6.07) is 27.7. The zero-order valence-corrected chi connectivity index (χ0v) is 17.5. The fraction of sp³-hybridized carbons (Fsp3) is 0.250. The van der Waals surface area contributed by atoms with Crippen LogP contribution in [-0.2, 0) is 14.3 Å². The van der Waals surface area contributed by atoms with Crippen LogP contribution >= 0.6 is 0 Å². The molecule has 0 atom stereocenters. The first-order valence-electron chi connectivity index (χ1n) is 9.81. The summed E-state index contributed by atoms with van der Waals surface area (Å²) in [5.41, 5.74) is 3.47. The smallest absolute Gasteiger partial charge is 0.297 e. The molecule has 0 N–H and O–H groups in total. The lowest BCUT2D eigenvalue weighted by molar-refractivity contribution is -0.976. The van der Waals surface area contributed by atoms with Crippen LogP contribution in [0.15, 0.2) is 89.8 Å². The standard InChI is InChI=1S/C24H26NO3S/c1-19-13-15-23(16-14-19)29(26,27)28-22-17-25(2,18-22)24(20-9-5-3-6-10-20)21-11-7-4-8-12-21/h3-16,22,24H,17-18H2,1-2H3/q+1. The van der Waals surface area contributed by atoms with Gasteiger partial charge in [-0.05, 0) is 19.1 Å². The number of rotatable bonds is 6. The topological polar surface area (TPSA) is 43.4 Å². The molecule has 0 saturated carbocycles. The van der Waals surface area contributed by atoms with Crippen molar-refractivity contribution in [2.45, 2.75) is 24.0 Å². The maximum absolute atomic E-state index is 12.6. The third-order valence-corrected chi connectivity index (χ3v) is 7.04. The maximum Gasteiger partial charge on any atom is 0.297 e. The molecule has 1 aliphatic rings. The molecule has 4 rings (SSSR count). The fourth-order valence-electron chi connectivity index (χ4n) is 4.27. The van der Waals surface area contributed by atoms with Crippen LogP contribution < -0.4 is 0 Å². The summed E-state index contributed by atoms with van der Waals surface area (Å²) < 4.78 is 31.6. The van der Waals surface area contributed by atoms with E-state index in [1.54, 1.807) is 24.3 Å². The predicted molar refractivity (Wildman–Crippen MR) is 114 cm³/mol. The third kappa shape index (κ3) is 4.13. The van der Waals surface area contributed by atoms with Gasteiger partial charge in [0.2, 0.25) is 0 Å². The van der Waals surface area contributed by atoms with Crippen molar-refractivity contribution in [3.05, 3.63) is 102 Å². The first kappa shape index (κ1) is 19.8. The molecule has 0 spiro atoms. The minimum atomic E-state index is -3.75. The molecule has 3 aromatic carbocycles. The van der Waals surface area contributed by atoms with Gasteiger partial charge in [-0.2, -0.15) is 8.42 Å². The van der Waals surface area contributed by atoms with Crippen molar-refractivity contribution in [1.29, 1.82) is 0 Å². The van der Waals surface area contributed by atoms with Gasteiger partial charge in [0.25, 0.3) is 10.1 Å². The predicted octanol–water partition coefficient (Wildman–Crippen LogP) is 4.32. The van der Waals surface area contributed by atoms with E-state index in [2.05, 4.69) is 31.3 Å². The highest BCUT2D eigenvalue weighted by Crippen LogP contribution is 2.39. The Morgan fingerprint density at radius 2 is 1.31 bits per heavy atom. The maximum atomic E-state index is 12.6. The molecule has 29 heavy (non-hydrogen) atoms. The van der Waals surface area contributed by atoms with E-state index in [0.717, 1.165) is 5.56 Å². The van der Waals surface area contributed by atoms with Crippen molar-refractivity contribution in [3.63, 3.8) is 0 Å². The van der Waals surface area contributed by atoms with Crippen LogP contribution in [0.25, 0.3) is 0 Å². The van der Waals surface area contributed by atoms with Gasteiger partial charge < -0.3 is 4.48 Å². The van der Waals surface area contributed by atoms with Crippen molar-refractivity contribution in [1.82, 2.24) is 0 Å². The summed E-state index contributed by atoms with van der Waals surface area (Å²) in [6.07, 6.45) is -0.318. The Hall–Kier alpha value is -2.47. The number of hydrogen-bond acceptors (Lipinski definition) is 3. The van der Waals surface area contributed by atoms with Gasteiger partial charge in [0.1, 0.15) is 19.1 Å². The van der Waals surface area contributed by atoms with Crippen molar-refractivity contribution in [2.24, 2.45) is 0 Å². The number of quaternary nitrogens is 1. The number of likely N-dealkylation sites (N-methyl/N-ethyl adjacent to an activating group) is 1. The quantitative estimate of drug-likeness (QED) is 0.451. The van der Waals surface area contributed by atoms with Gasteiger partial charge in [-0.3, -0.25) is 4.18 Å². The molecule has 0 unspecified atom stereocenters. The summed E-state index contributed by atoms with van der Waals surface area (Å²) in [5, 5.41) is 0. The van der Waals surface area contributed by atoms with E-state index in [0.29, 0.717) is 17.6 Å². The molecule has 3 aromatic rings. The molecular formula is C24H26NO3S+. The van der Waals surface area contributed by atoms with Crippen LogP contribution in [0.1, 0.15) is 22.7 Å². The molecule has 0 aromatic heterocycles. The number of hydrogen-bond donors (Lipinski definition) is 0. The number of aryl methyl sites for hydroxylation is 1. The van der Waals surface area contributed by atoms with Crippen LogP contribution in [0.2, 0.25) is 0 Å². The Labute approximate surface area is 173 Å². The molecule has 0 bridgehead atoms. The summed E-state index contributed by atoms with van der Waals surface area (Å²) in [6.45, 7) is 3.21. The van der Waals surface area contributed by atoms with Gasteiger partial charge in [-0.15, -0.1) is 0 Å². The average Bonchev–Trinajstić information content (AvgIpc) is 2.69. The van der Waals surface area contributed by atoms with Gasteiger partial charge in [0.05, 0.1) is 11.9 Å². The molecule has 4 nitrogen and oxygen atoms in total. The van der Waals surface area contributed by atoms with Gasteiger partial charge in [0, 0.05) is 11.1 Å². The van der Waals surface area contributed by atoms with Crippen LogP contribution in [0, 0.1) is 6.92 Å². The SMILES string of the molecule is Cc1ccc(S(=O)(=O)OC2C[N+](C)(C(c3ccccc3)c3ccccc3)C2)cc1. The molecule has 0 amide bonds.